The van der Waals surface area contributed by atoms with Crippen LogP contribution in [0.15, 0.2) is 6.20 Å². The third-order valence-electron chi connectivity index (χ3n) is 2.71. The number of aryl methyl sites for hydroxylation is 2. The minimum absolute atomic E-state index is 0.299. The number of hydrogen-bond acceptors (Lipinski definition) is 7. The zero-order chi connectivity index (χ0) is 15.2. The number of aromatic nitrogens is 5. The molecule has 0 amide bonds. The third kappa shape index (κ3) is 3.80. The predicted octanol–water partition coefficient (Wildman–Crippen LogP) is 1.74. The zero-order valence-electron chi connectivity index (χ0n) is 12.8. The molecule has 0 radical (unpaired) electrons. The Morgan fingerprint density at radius 1 is 1.14 bits per heavy atom. The van der Waals surface area contributed by atoms with Crippen molar-refractivity contribution in [2.75, 3.05) is 23.8 Å². The number of ether oxygens (including phenoxy) is 1. The van der Waals surface area contributed by atoms with Gasteiger partial charge in [-0.15, -0.1) is 0 Å². The maximum Gasteiger partial charge on any atom is 0.323 e. The Labute approximate surface area is 124 Å². The van der Waals surface area contributed by atoms with Gasteiger partial charge in [0.2, 0.25) is 11.9 Å². The van der Waals surface area contributed by atoms with Crippen LogP contribution in [0.5, 0.6) is 6.01 Å². The van der Waals surface area contributed by atoms with Crippen molar-refractivity contribution in [3.63, 3.8) is 0 Å². The van der Waals surface area contributed by atoms with Crippen molar-refractivity contribution in [2.24, 2.45) is 7.05 Å². The van der Waals surface area contributed by atoms with Gasteiger partial charge < -0.3 is 15.4 Å². The molecule has 2 rings (SSSR count). The molecule has 114 valence electrons. The van der Waals surface area contributed by atoms with Gasteiger partial charge in [0, 0.05) is 19.8 Å². The second-order valence-corrected chi connectivity index (χ2v) is 4.37. The first-order chi connectivity index (χ1) is 10.2. The summed E-state index contributed by atoms with van der Waals surface area (Å²) in [5.41, 5.74) is 1.84. The molecule has 2 aromatic heterocycles. The second-order valence-electron chi connectivity index (χ2n) is 4.37. The fourth-order valence-corrected chi connectivity index (χ4v) is 1.86. The summed E-state index contributed by atoms with van der Waals surface area (Å²) in [7, 11) is 1.88. The molecule has 0 bridgehead atoms. The molecule has 0 aliphatic heterocycles. The fraction of sp³-hybridized carbons (Fsp3) is 0.538. The minimum Gasteiger partial charge on any atom is -0.464 e. The first-order valence-electron chi connectivity index (χ1n) is 7.08. The lowest BCUT2D eigenvalue weighted by Gasteiger charge is -2.09. The van der Waals surface area contributed by atoms with Gasteiger partial charge in [-0.25, -0.2) is 0 Å². The van der Waals surface area contributed by atoms with Crippen molar-refractivity contribution >= 4 is 17.6 Å². The van der Waals surface area contributed by atoms with E-state index in [0.29, 0.717) is 24.5 Å². The van der Waals surface area contributed by atoms with Crippen molar-refractivity contribution < 1.29 is 4.74 Å². The molecule has 2 heterocycles. The summed E-state index contributed by atoms with van der Waals surface area (Å²) in [6.07, 6.45) is 2.72. The summed E-state index contributed by atoms with van der Waals surface area (Å²) in [4.78, 5) is 12.8. The number of hydrogen-bond donors (Lipinski definition) is 2. The Morgan fingerprint density at radius 2 is 1.90 bits per heavy atom. The highest BCUT2D eigenvalue weighted by molar-refractivity contribution is 5.56. The summed E-state index contributed by atoms with van der Waals surface area (Å²) < 4.78 is 7.13. The molecule has 0 unspecified atom stereocenters. The van der Waals surface area contributed by atoms with Crippen LogP contribution in [0.1, 0.15) is 26.5 Å². The molecule has 2 N–H and O–H groups in total. The predicted molar refractivity (Wildman–Crippen MR) is 81.0 cm³/mol. The van der Waals surface area contributed by atoms with Gasteiger partial charge in [-0.05, 0) is 20.3 Å². The molecule has 8 heteroatoms. The molecule has 0 aliphatic rings. The van der Waals surface area contributed by atoms with Crippen molar-refractivity contribution in [1.82, 2.24) is 24.7 Å². The van der Waals surface area contributed by atoms with Gasteiger partial charge >= 0.3 is 6.01 Å². The SMILES string of the molecule is CCNc1nc(Nc2cn(C)nc2CC)nc(OCC)n1. The van der Waals surface area contributed by atoms with Gasteiger partial charge in [-0.2, -0.15) is 20.1 Å². The Balaban J connectivity index is 2.28. The number of rotatable bonds is 7. The van der Waals surface area contributed by atoms with Gasteiger partial charge in [0.25, 0.3) is 0 Å². The number of anilines is 3. The van der Waals surface area contributed by atoms with E-state index in [-0.39, 0.29) is 0 Å². The van der Waals surface area contributed by atoms with Crippen LogP contribution in [0.25, 0.3) is 0 Å². The van der Waals surface area contributed by atoms with Gasteiger partial charge in [-0.3, -0.25) is 4.68 Å². The topological polar surface area (TPSA) is 89.8 Å². The molecule has 21 heavy (non-hydrogen) atoms. The van der Waals surface area contributed by atoms with Gasteiger partial charge in [0.1, 0.15) is 0 Å². The molecule has 0 aliphatic carbocycles. The second kappa shape index (κ2) is 6.87. The van der Waals surface area contributed by atoms with Crippen LogP contribution in [-0.2, 0) is 13.5 Å². The van der Waals surface area contributed by atoms with E-state index in [2.05, 4.69) is 37.6 Å². The van der Waals surface area contributed by atoms with Crippen molar-refractivity contribution in [3.8, 4) is 6.01 Å². The standard InChI is InChI=1S/C13H21N7O/c1-5-9-10(8-20(4)19-9)15-12-16-11(14-6-2)17-13(18-12)21-7-3/h8H,5-7H2,1-4H3,(H2,14,15,16,17,18). The lowest BCUT2D eigenvalue weighted by atomic mass is 10.3. The summed E-state index contributed by atoms with van der Waals surface area (Å²) >= 11 is 0. The van der Waals surface area contributed by atoms with E-state index in [1.807, 2.05) is 27.1 Å². The molecule has 0 fully saturated rings. The molecule has 0 spiro atoms. The Morgan fingerprint density at radius 3 is 2.57 bits per heavy atom. The molecule has 8 nitrogen and oxygen atoms in total. The number of nitrogens with zero attached hydrogens (tertiary/aromatic N) is 5. The van der Waals surface area contributed by atoms with Gasteiger partial charge in [0.15, 0.2) is 0 Å². The van der Waals surface area contributed by atoms with E-state index in [1.54, 1.807) is 4.68 Å². The van der Waals surface area contributed by atoms with Crippen molar-refractivity contribution in [3.05, 3.63) is 11.9 Å². The minimum atomic E-state index is 0.299. The van der Waals surface area contributed by atoms with E-state index in [4.69, 9.17) is 4.74 Å². The third-order valence-corrected chi connectivity index (χ3v) is 2.71. The zero-order valence-corrected chi connectivity index (χ0v) is 12.8. The molecule has 0 saturated carbocycles. The highest BCUT2D eigenvalue weighted by atomic mass is 16.5. The summed E-state index contributed by atoms with van der Waals surface area (Å²) in [5.74, 6) is 0.924. The van der Waals surface area contributed by atoms with Crippen LogP contribution in [0.2, 0.25) is 0 Å². The highest BCUT2D eigenvalue weighted by Gasteiger charge is 2.11. The first-order valence-corrected chi connectivity index (χ1v) is 7.08. The van der Waals surface area contributed by atoms with Crippen molar-refractivity contribution in [2.45, 2.75) is 27.2 Å². The maximum atomic E-state index is 5.37. The molecule has 2 aromatic rings. The monoisotopic (exact) mass is 291 g/mol. The van der Waals surface area contributed by atoms with E-state index < -0.39 is 0 Å². The molecular weight excluding hydrogens is 270 g/mol. The lowest BCUT2D eigenvalue weighted by molar-refractivity contribution is 0.312. The van der Waals surface area contributed by atoms with Gasteiger partial charge in [-0.1, -0.05) is 6.92 Å². The maximum absolute atomic E-state index is 5.37. The molecule has 0 atom stereocenters. The van der Waals surface area contributed by atoms with Crippen LogP contribution in [0.4, 0.5) is 17.6 Å². The van der Waals surface area contributed by atoms with Crippen LogP contribution < -0.4 is 15.4 Å². The van der Waals surface area contributed by atoms with Crippen LogP contribution in [0, 0.1) is 0 Å². The van der Waals surface area contributed by atoms with E-state index >= 15 is 0 Å². The number of nitrogens with one attached hydrogen (secondary N) is 2. The Hall–Kier alpha value is -2.38. The molecule has 0 saturated heterocycles. The fourth-order valence-electron chi connectivity index (χ4n) is 1.86. The smallest absolute Gasteiger partial charge is 0.323 e. The van der Waals surface area contributed by atoms with Crippen LogP contribution in [-0.4, -0.2) is 37.9 Å². The quantitative estimate of drug-likeness (QED) is 0.803. The summed E-state index contributed by atoms with van der Waals surface area (Å²) in [6, 6.07) is 0.299. The van der Waals surface area contributed by atoms with Crippen LogP contribution in [0.3, 0.4) is 0 Å². The molecule has 0 aromatic carbocycles. The van der Waals surface area contributed by atoms with Crippen LogP contribution >= 0.6 is 0 Å². The molecular formula is C13H21N7O. The van der Waals surface area contributed by atoms with Gasteiger partial charge in [0.05, 0.1) is 18.0 Å². The normalized spacial score (nSPS) is 10.5. The largest absolute Gasteiger partial charge is 0.464 e. The Kier molecular flexibility index (Phi) is 4.91. The van der Waals surface area contributed by atoms with E-state index in [0.717, 1.165) is 24.3 Å². The Bertz CT molecular complexity index is 572. The van der Waals surface area contributed by atoms with E-state index in [1.165, 1.54) is 0 Å². The first kappa shape index (κ1) is 15.0. The average Bonchev–Trinajstić information content (AvgIpc) is 2.79. The summed E-state index contributed by atoms with van der Waals surface area (Å²) in [5, 5.41) is 10.6. The highest BCUT2D eigenvalue weighted by Crippen LogP contribution is 2.20. The lowest BCUT2D eigenvalue weighted by Crippen LogP contribution is -2.09. The average molecular weight is 291 g/mol. The van der Waals surface area contributed by atoms with Crippen molar-refractivity contribution in [1.29, 1.82) is 0 Å². The van der Waals surface area contributed by atoms with E-state index in [9.17, 15) is 0 Å². The summed E-state index contributed by atoms with van der Waals surface area (Å²) in [6.45, 7) is 7.15.